The number of aromatic amines is 1. The molecule has 2 rings (SSSR count). The molecule has 0 saturated carbocycles. The van der Waals surface area contributed by atoms with E-state index in [1.807, 2.05) is 20.8 Å². The normalized spacial score (nSPS) is 13.2. The summed E-state index contributed by atoms with van der Waals surface area (Å²) in [5.74, 6) is 0.148. The Labute approximate surface area is 143 Å². The van der Waals surface area contributed by atoms with E-state index in [-0.39, 0.29) is 16.9 Å². The maximum atomic E-state index is 12.6. The van der Waals surface area contributed by atoms with Crippen LogP contribution in [0.2, 0.25) is 0 Å². The van der Waals surface area contributed by atoms with Gasteiger partial charge in [0.2, 0.25) is 0 Å². The summed E-state index contributed by atoms with van der Waals surface area (Å²) >= 11 is 0. The first-order valence-electron chi connectivity index (χ1n) is 8.24. The highest BCUT2D eigenvalue weighted by molar-refractivity contribution is 5.97. The molecule has 2 aromatic rings. The fraction of sp³-hybridized carbons (Fsp3) is 0.529. The highest BCUT2D eigenvalue weighted by Crippen LogP contribution is 2.21. The number of rotatable bonds is 6. The van der Waals surface area contributed by atoms with Crippen molar-refractivity contribution < 1.29 is 18.0 Å². The van der Waals surface area contributed by atoms with Crippen molar-refractivity contribution in [3.63, 3.8) is 0 Å². The van der Waals surface area contributed by atoms with Gasteiger partial charge < -0.3 is 9.88 Å². The molecular formula is C17H22F3N3O2. The Hall–Kier alpha value is -2.25. The Morgan fingerprint density at radius 1 is 1.32 bits per heavy atom. The zero-order valence-corrected chi connectivity index (χ0v) is 14.5. The Kier molecular flexibility index (Phi) is 5.59. The van der Waals surface area contributed by atoms with Crippen LogP contribution in [0.5, 0.6) is 0 Å². The van der Waals surface area contributed by atoms with Crippen LogP contribution in [0.25, 0.3) is 11.0 Å². The van der Waals surface area contributed by atoms with Crippen molar-refractivity contribution in [2.75, 3.05) is 13.1 Å². The second-order valence-corrected chi connectivity index (χ2v) is 6.22. The number of nitrogens with zero attached hydrogens (tertiary/aromatic N) is 2. The smallest absolute Gasteiger partial charge is 0.339 e. The van der Waals surface area contributed by atoms with Crippen molar-refractivity contribution in [2.24, 2.45) is 5.92 Å². The van der Waals surface area contributed by atoms with Gasteiger partial charge >= 0.3 is 11.9 Å². The van der Waals surface area contributed by atoms with Gasteiger partial charge in [0, 0.05) is 18.7 Å². The van der Waals surface area contributed by atoms with Crippen molar-refractivity contribution in [1.29, 1.82) is 0 Å². The third-order valence-electron chi connectivity index (χ3n) is 4.26. The molecule has 0 saturated heterocycles. The molecule has 0 spiro atoms. The molecule has 1 heterocycles. The molecule has 0 aliphatic rings. The summed E-state index contributed by atoms with van der Waals surface area (Å²) in [6, 6.07) is 4.28. The molecular weight excluding hydrogens is 335 g/mol. The Morgan fingerprint density at radius 3 is 2.56 bits per heavy atom. The highest BCUT2D eigenvalue weighted by atomic mass is 19.4. The lowest BCUT2D eigenvalue weighted by Crippen LogP contribution is -2.34. The summed E-state index contributed by atoms with van der Waals surface area (Å²) in [5, 5.41) is 0. The summed E-state index contributed by atoms with van der Waals surface area (Å²) < 4.78 is 38.4. The van der Waals surface area contributed by atoms with E-state index in [9.17, 15) is 22.8 Å². The number of fused-ring (bicyclic) bond motifs is 1. The van der Waals surface area contributed by atoms with E-state index < -0.39 is 18.4 Å². The minimum absolute atomic E-state index is 0.129. The Morgan fingerprint density at radius 2 is 2.00 bits per heavy atom. The van der Waals surface area contributed by atoms with Crippen LogP contribution in [0.15, 0.2) is 23.0 Å². The van der Waals surface area contributed by atoms with Crippen molar-refractivity contribution in [1.82, 2.24) is 14.5 Å². The molecule has 8 heteroatoms. The van der Waals surface area contributed by atoms with Gasteiger partial charge in [-0.15, -0.1) is 0 Å². The number of alkyl halides is 3. The number of benzene rings is 1. The molecule has 1 N–H and O–H groups in total. The molecule has 0 aliphatic carbocycles. The average Bonchev–Trinajstić information content (AvgIpc) is 2.85. The lowest BCUT2D eigenvalue weighted by Gasteiger charge is -2.24. The molecule has 1 aromatic heterocycles. The summed E-state index contributed by atoms with van der Waals surface area (Å²) in [7, 11) is 0. The molecule has 5 nitrogen and oxygen atoms in total. The van der Waals surface area contributed by atoms with E-state index in [0.717, 1.165) is 6.42 Å². The van der Waals surface area contributed by atoms with Crippen LogP contribution in [-0.4, -0.2) is 39.6 Å². The maximum Gasteiger partial charge on any atom is 0.406 e. The van der Waals surface area contributed by atoms with E-state index in [4.69, 9.17) is 0 Å². The van der Waals surface area contributed by atoms with Gasteiger partial charge in [-0.25, -0.2) is 4.79 Å². The van der Waals surface area contributed by atoms with Crippen molar-refractivity contribution in [2.45, 2.75) is 39.9 Å². The van der Waals surface area contributed by atoms with Crippen molar-refractivity contribution >= 4 is 16.9 Å². The Bertz CT molecular complexity index is 808. The summed E-state index contributed by atoms with van der Waals surface area (Å²) in [6.07, 6.45) is -3.56. The number of imidazole rings is 1. The number of hydrogen-bond donors (Lipinski definition) is 1. The van der Waals surface area contributed by atoms with E-state index in [0.29, 0.717) is 29.1 Å². The van der Waals surface area contributed by atoms with E-state index in [2.05, 4.69) is 4.98 Å². The SMILES string of the molecule is CCC(C)CN(CC)C(=O)c1ccc2c(c1)[nH]c(=O)n2CC(F)(F)F. The average molecular weight is 357 g/mol. The van der Waals surface area contributed by atoms with Crippen LogP contribution >= 0.6 is 0 Å². The second-order valence-electron chi connectivity index (χ2n) is 6.22. The number of hydrogen-bond acceptors (Lipinski definition) is 2. The van der Waals surface area contributed by atoms with Gasteiger partial charge in [0.05, 0.1) is 11.0 Å². The monoisotopic (exact) mass is 357 g/mol. The number of halogens is 3. The first-order chi connectivity index (χ1) is 11.7. The molecule has 1 atom stereocenters. The Balaban J connectivity index is 2.35. The number of carbonyl (C=O) groups is 1. The summed E-state index contributed by atoms with van der Waals surface area (Å²) in [5.41, 5.74) is -0.148. The van der Waals surface area contributed by atoms with Gasteiger partial charge in [0.15, 0.2) is 0 Å². The van der Waals surface area contributed by atoms with Gasteiger partial charge in [0.1, 0.15) is 6.54 Å². The first-order valence-corrected chi connectivity index (χ1v) is 8.24. The molecule has 1 unspecified atom stereocenters. The van der Waals surface area contributed by atoms with Crippen LogP contribution in [0.1, 0.15) is 37.6 Å². The van der Waals surface area contributed by atoms with Crippen LogP contribution in [-0.2, 0) is 6.54 Å². The molecule has 1 aromatic carbocycles. The van der Waals surface area contributed by atoms with Crippen LogP contribution < -0.4 is 5.69 Å². The van der Waals surface area contributed by atoms with Crippen molar-refractivity contribution in [3.8, 4) is 0 Å². The van der Waals surface area contributed by atoms with Crippen LogP contribution in [0.4, 0.5) is 13.2 Å². The molecule has 138 valence electrons. The highest BCUT2D eigenvalue weighted by Gasteiger charge is 2.30. The third-order valence-corrected chi connectivity index (χ3v) is 4.26. The van der Waals surface area contributed by atoms with Gasteiger partial charge in [-0.05, 0) is 31.0 Å². The molecule has 0 fully saturated rings. The number of carbonyl (C=O) groups excluding carboxylic acids is 1. The minimum atomic E-state index is -4.50. The summed E-state index contributed by atoms with van der Waals surface area (Å²) in [4.78, 5) is 28.5. The molecule has 0 aliphatic heterocycles. The standard InChI is InChI=1S/C17H22F3N3O2/c1-4-11(3)9-22(5-2)15(24)12-6-7-14-13(8-12)21-16(25)23(14)10-17(18,19)20/h6-8,11H,4-5,9-10H2,1-3H3,(H,21,25). The first kappa shape index (κ1) is 19.1. The van der Waals surface area contributed by atoms with E-state index >= 15 is 0 Å². The van der Waals surface area contributed by atoms with Crippen LogP contribution in [0.3, 0.4) is 0 Å². The predicted octanol–water partition coefficient (Wildman–Crippen LogP) is 3.40. The minimum Gasteiger partial charge on any atom is -0.339 e. The number of aromatic nitrogens is 2. The molecule has 25 heavy (non-hydrogen) atoms. The molecule has 1 amide bonds. The predicted molar refractivity (Wildman–Crippen MR) is 89.6 cm³/mol. The van der Waals surface area contributed by atoms with Crippen LogP contribution in [0, 0.1) is 5.92 Å². The number of H-pyrrole nitrogens is 1. The zero-order valence-electron chi connectivity index (χ0n) is 14.5. The number of amides is 1. The van der Waals surface area contributed by atoms with E-state index in [1.54, 1.807) is 4.90 Å². The molecule has 0 radical (unpaired) electrons. The summed E-state index contributed by atoms with van der Waals surface area (Å²) in [6.45, 7) is 5.74. The maximum absolute atomic E-state index is 12.6. The molecule has 0 bridgehead atoms. The second kappa shape index (κ2) is 7.33. The fourth-order valence-corrected chi connectivity index (χ4v) is 2.68. The quantitative estimate of drug-likeness (QED) is 0.861. The van der Waals surface area contributed by atoms with Gasteiger partial charge in [-0.1, -0.05) is 20.3 Å². The zero-order chi connectivity index (χ0) is 18.8. The van der Waals surface area contributed by atoms with Gasteiger partial charge in [-0.2, -0.15) is 13.2 Å². The fourth-order valence-electron chi connectivity index (χ4n) is 2.68. The number of nitrogens with one attached hydrogen (secondary N) is 1. The largest absolute Gasteiger partial charge is 0.406 e. The van der Waals surface area contributed by atoms with Crippen molar-refractivity contribution in [3.05, 3.63) is 34.2 Å². The lowest BCUT2D eigenvalue weighted by molar-refractivity contribution is -0.140. The topological polar surface area (TPSA) is 58.1 Å². The van der Waals surface area contributed by atoms with E-state index in [1.165, 1.54) is 18.2 Å². The van der Waals surface area contributed by atoms with Gasteiger partial charge in [-0.3, -0.25) is 9.36 Å². The van der Waals surface area contributed by atoms with Gasteiger partial charge in [0.25, 0.3) is 5.91 Å². The third kappa shape index (κ3) is 4.43. The lowest BCUT2D eigenvalue weighted by atomic mass is 10.1.